The second-order valence-electron chi connectivity index (χ2n) is 8.66. The third-order valence-corrected chi connectivity index (χ3v) is 5.99. The van der Waals surface area contributed by atoms with Gasteiger partial charge < -0.3 is 10.1 Å². The molecule has 0 aliphatic rings. The second kappa shape index (κ2) is 17.6. The number of carbonyl (C=O) groups excluding carboxylic acids is 1. The van der Waals surface area contributed by atoms with Crippen LogP contribution in [0.5, 0.6) is 5.75 Å². The lowest BCUT2D eigenvalue weighted by Crippen LogP contribution is -2.24. The Labute approximate surface area is 193 Å². The van der Waals surface area contributed by atoms with Gasteiger partial charge in [-0.1, -0.05) is 90.4 Å². The van der Waals surface area contributed by atoms with Crippen LogP contribution in [0.1, 0.15) is 121 Å². The largest absolute Gasteiger partial charge is 0.490 e. The molecule has 0 heterocycles. The van der Waals surface area contributed by atoms with Crippen LogP contribution in [0.3, 0.4) is 0 Å². The highest BCUT2D eigenvalue weighted by Gasteiger charge is 2.09. The summed E-state index contributed by atoms with van der Waals surface area (Å²) < 4.78 is 6.51. The zero-order chi connectivity index (χ0) is 22.0. The molecule has 0 radical (unpaired) electrons. The third kappa shape index (κ3) is 13.3. The molecule has 1 aromatic carbocycles. The van der Waals surface area contributed by atoms with E-state index in [1.807, 2.05) is 32.0 Å². The number of rotatable bonds is 18. The summed E-state index contributed by atoms with van der Waals surface area (Å²) in [5.41, 5.74) is 0.670. The number of unbranched alkanes of at least 4 members (excludes halogenated alkanes) is 13. The zero-order valence-electron chi connectivity index (χ0n) is 19.6. The fraction of sp³-hybridized carbons (Fsp3) is 0.731. The van der Waals surface area contributed by atoms with Crippen LogP contribution in [-0.2, 0) is 0 Å². The molecule has 1 rings (SSSR count). The van der Waals surface area contributed by atoms with E-state index in [2.05, 4.69) is 28.2 Å². The number of nitrogens with one attached hydrogen (secondary N) is 1. The van der Waals surface area contributed by atoms with E-state index < -0.39 is 0 Å². The lowest BCUT2D eigenvalue weighted by Gasteiger charge is -2.12. The normalized spacial score (nSPS) is 11.1. The number of carbonyl (C=O) groups is 1. The maximum atomic E-state index is 12.3. The SMILES string of the molecule is CCCCCCCCCCCCCCCCNC(=O)c1ccc(OC(C)C)c(Br)c1. The first-order valence-electron chi connectivity index (χ1n) is 12.3. The Morgan fingerprint density at radius 1 is 0.867 bits per heavy atom. The van der Waals surface area contributed by atoms with Crippen LogP contribution in [0, 0.1) is 0 Å². The van der Waals surface area contributed by atoms with Gasteiger partial charge in [0.15, 0.2) is 0 Å². The quantitative estimate of drug-likeness (QED) is 0.213. The van der Waals surface area contributed by atoms with Crippen molar-refractivity contribution in [3.8, 4) is 5.75 Å². The van der Waals surface area contributed by atoms with Gasteiger partial charge in [0.05, 0.1) is 10.6 Å². The van der Waals surface area contributed by atoms with Gasteiger partial charge in [-0.15, -0.1) is 0 Å². The number of hydrogen-bond donors (Lipinski definition) is 1. The van der Waals surface area contributed by atoms with E-state index in [1.165, 1.54) is 83.5 Å². The van der Waals surface area contributed by atoms with Crippen molar-refractivity contribution in [2.45, 2.75) is 117 Å². The highest BCUT2D eigenvalue weighted by atomic mass is 79.9. The van der Waals surface area contributed by atoms with E-state index in [0.717, 1.165) is 23.2 Å². The number of hydrogen-bond acceptors (Lipinski definition) is 2. The van der Waals surface area contributed by atoms with Crippen molar-refractivity contribution in [2.24, 2.45) is 0 Å². The van der Waals surface area contributed by atoms with Crippen molar-refractivity contribution >= 4 is 21.8 Å². The Kier molecular flexibility index (Phi) is 15.9. The molecule has 0 aliphatic heterocycles. The molecule has 172 valence electrons. The van der Waals surface area contributed by atoms with Crippen LogP contribution < -0.4 is 10.1 Å². The minimum absolute atomic E-state index is 0.0125. The fourth-order valence-corrected chi connectivity index (χ4v) is 4.09. The van der Waals surface area contributed by atoms with E-state index >= 15 is 0 Å². The maximum Gasteiger partial charge on any atom is 0.251 e. The van der Waals surface area contributed by atoms with Gasteiger partial charge in [-0.3, -0.25) is 4.79 Å². The molecule has 0 unspecified atom stereocenters. The average molecular weight is 483 g/mol. The summed E-state index contributed by atoms with van der Waals surface area (Å²) in [7, 11) is 0. The van der Waals surface area contributed by atoms with Gasteiger partial charge in [-0.25, -0.2) is 0 Å². The fourth-order valence-electron chi connectivity index (χ4n) is 3.62. The molecule has 0 spiro atoms. The van der Waals surface area contributed by atoms with Crippen molar-refractivity contribution in [1.29, 1.82) is 0 Å². The summed E-state index contributed by atoms with van der Waals surface area (Å²) in [6.45, 7) is 7.00. The Morgan fingerprint density at radius 2 is 1.37 bits per heavy atom. The average Bonchev–Trinajstić information content (AvgIpc) is 2.72. The summed E-state index contributed by atoms with van der Waals surface area (Å²) in [6, 6.07) is 5.51. The summed E-state index contributed by atoms with van der Waals surface area (Å²) >= 11 is 3.49. The Morgan fingerprint density at radius 3 is 1.83 bits per heavy atom. The molecule has 30 heavy (non-hydrogen) atoms. The van der Waals surface area contributed by atoms with Gasteiger partial charge >= 0.3 is 0 Å². The molecule has 0 aliphatic carbocycles. The van der Waals surface area contributed by atoms with E-state index in [0.29, 0.717) is 5.56 Å². The van der Waals surface area contributed by atoms with Gasteiger partial charge in [0.25, 0.3) is 5.91 Å². The van der Waals surface area contributed by atoms with Crippen LogP contribution in [0.25, 0.3) is 0 Å². The van der Waals surface area contributed by atoms with Gasteiger partial charge in [0.1, 0.15) is 5.75 Å². The molecular weight excluding hydrogens is 438 g/mol. The molecule has 0 saturated heterocycles. The van der Waals surface area contributed by atoms with Crippen LogP contribution in [0.4, 0.5) is 0 Å². The number of benzene rings is 1. The minimum Gasteiger partial charge on any atom is -0.490 e. The predicted octanol–water partition coefficient (Wildman–Crippen LogP) is 8.45. The van der Waals surface area contributed by atoms with Crippen LogP contribution in [0.15, 0.2) is 22.7 Å². The molecule has 0 atom stereocenters. The lowest BCUT2D eigenvalue weighted by molar-refractivity contribution is 0.0953. The van der Waals surface area contributed by atoms with Crippen molar-refractivity contribution in [2.75, 3.05) is 6.54 Å². The van der Waals surface area contributed by atoms with Gasteiger partial charge in [-0.2, -0.15) is 0 Å². The van der Waals surface area contributed by atoms with Gasteiger partial charge in [-0.05, 0) is 54.4 Å². The third-order valence-electron chi connectivity index (χ3n) is 5.37. The van der Waals surface area contributed by atoms with E-state index in [9.17, 15) is 4.79 Å². The van der Waals surface area contributed by atoms with Crippen LogP contribution >= 0.6 is 15.9 Å². The molecular formula is C26H44BrNO2. The minimum atomic E-state index is -0.0125. The summed E-state index contributed by atoms with van der Waals surface area (Å²) in [4.78, 5) is 12.3. The van der Waals surface area contributed by atoms with E-state index in [-0.39, 0.29) is 12.0 Å². The molecule has 1 aromatic rings. The standard InChI is InChI=1S/C26H44BrNO2/c1-4-5-6-7-8-9-10-11-12-13-14-15-16-17-20-28-26(29)23-18-19-25(24(27)21-23)30-22(2)3/h18-19,21-22H,4-17,20H2,1-3H3,(H,28,29). The molecule has 0 fully saturated rings. The number of amides is 1. The van der Waals surface area contributed by atoms with Gasteiger partial charge in [0.2, 0.25) is 0 Å². The summed E-state index contributed by atoms with van der Waals surface area (Å²) in [6.07, 6.45) is 19.0. The Hall–Kier alpha value is -1.03. The smallest absolute Gasteiger partial charge is 0.251 e. The molecule has 4 heteroatoms. The van der Waals surface area contributed by atoms with Crippen molar-refractivity contribution in [3.63, 3.8) is 0 Å². The van der Waals surface area contributed by atoms with E-state index in [4.69, 9.17) is 4.74 Å². The summed E-state index contributed by atoms with van der Waals surface area (Å²) in [5.74, 6) is 0.759. The molecule has 0 saturated carbocycles. The molecule has 1 N–H and O–H groups in total. The monoisotopic (exact) mass is 481 g/mol. The highest BCUT2D eigenvalue weighted by Crippen LogP contribution is 2.27. The van der Waals surface area contributed by atoms with E-state index in [1.54, 1.807) is 0 Å². The highest BCUT2D eigenvalue weighted by molar-refractivity contribution is 9.10. The molecule has 0 bridgehead atoms. The second-order valence-corrected chi connectivity index (χ2v) is 9.52. The van der Waals surface area contributed by atoms with Crippen molar-refractivity contribution < 1.29 is 9.53 Å². The topological polar surface area (TPSA) is 38.3 Å². The first-order chi connectivity index (χ1) is 14.5. The molecule has 3 nitrogen and oxygen atoms in total. The summed E-state index contributed by atoms with van der Waals surface area (Å²) in [5, 5.41) is 3.03. The van der Waals surface area contributed by atoms with Crippen molar-refractivity contribution in [1.82, 2.24) is 5.32 Å². The Bertz CT molecular complexity index is 574. The van der Waals surface area contributed by atoms with Crippen molar-refractivity contribution in [3.05, 3.63) is 28.2 Å². The lowest BCUT2D eigenvalue weighted by atomic mass is 10.0. The molecule has 0 aromatic heterocycles. The van der Waals surface area contributed by atoms with Crippen LogP contribution in [-0.4, -0.2) is 18.6 Å². The maximum absolute atomic E-state index is 12.3. The Balaban J connectivity index is 1.98. The van der Waals surface area contributed by atoms with Gasteiger partial charge in [0, 0.05) is 12.1 Å². The first kappa shape index (κ1) is 27.0. The zero-order valence-corrected chi connectivity index (χ0v) is 21.2. The molecule has 1 amide bonds. The first-order valence-corrected chi connectivity index (χ1v) is 13.1. The number of ether oxygens (including phenoxy) is 1. The number of halogens is 1. The predicted molar refractivity (Wildman–Crippen MR) is 133 cm³/mol. The van der Waals surface area contributed by atoms with Crippen LogP contribution in [0.2, 0.25) is 0 Å².